The number of carbonyl (C=O) groups excluding carboxylic acids is 1. The minimum absolute atomic E-state index is 0.111. The Labute approximate surface area is 141 Å². The first-order valence-electron chi connectivity index (χ1n) is 7.24. The first-order chi connectivity index (χ1) is 11.6. The molecule has 1 heterocycles. The van der Waals surface area contributed by atoms with Crippen molar-refractivity contribution in [2.24, 2.45) is 0 Å². The second-order valence-corrected chi connectivity index (χ2v) is 5.42. The van der Waals surface area contributed by atoms with Crippen LogP contribution in [0.1, 0.15) is 27.4 Å². The molecule has 1 aromatic carbocycles. The van der Waals surface area contributed by atoms with Crippen molar-refractivity contribution in [2.45, 2.75) is 32.9 Å². The molecule has 0 aliphatic heterocycles. The number of para-hydroxylation sites is 1. The van der Waals surface area contributed by atoms with Gasteiger partial charge in [0.05, 0.1) is 17.8 Å². The molecule has 0 aliphatic carbocycles. The van der Waals surface area contributed by atoms with Crippen LogP contribution >= 0.6 is 0 Å². The number of ether oxygens (including phenoxy) is 1. The number of aromatic nitrogens is 1. The summed E-state index contributed by atoms with van der Waals surface area (Å²) in [7, 11) is 1.44. The minimum Gasteiger partial charge on any atom is -0.427 e. The van der Waals surface area contributed by atoms with E-state index in [1.165, 1.54) is 30.1 Å². The van der Waals surface area contributed by atoms with Gasteiger partial charge in [0.1, 0.15) is 11.5 Å². The fraction of sp³-hybridized carbons (Fsp3) is 0.375. The van der Waals surface area contributed by atoms with Crippen molar-refractivity contribution in [1.29, 1.82) is 0 Å². The zero-order chi connectivity index (χ0) is 18.8. The van der Waals surface area contributed by atoms with Crippen molar-refractivity contribution in [3.05, 3.63) is 46.8 Å². The summed E-state index contributed by atoms with van der Waals surface area (Å²) in [6.45, 7) is 3.48. The van der Waals surface area contributed by atoms with Gasteiger partial charge in [-0.3, -0.25) is 4.79 Å². The van der Waals surface area contributed by atoms with Crippen LogP contribution in [0.25, 0.3) is 0 Å². The molecule has 0 aliphatic rings. The average molecular weight is 360 g/mol. The number of rotatable bonds is 6. The molecule has 0 fully saturated rings. The standard InChI is InChI=1S/C16H16F4N2O3/c1-9-12(10(2)25-21-9)8-22(3)14(23)11-6-4-5-7-13(11)24-16(19,20)15(17)18/h4-7,15H,8H2,1-3H3. The van der Waals surface area contributed by atoms with Gasteiger partial charge in [-0.25, -0.2) is 0 Å². The molecule has 0 unspecified atom stereocenters. The second kappa shape index (κ2) is 7.12. The number of nitrogens with zero attached hydrogens (tertiary/aromatic N) is 2. The molecule has 5 nitrogen and oxygen atoms in total. The first kappa shape index (κ1) is 18.8. The van der Waals surface area contributed by atoms with Gasteiger partial charge in [0.2, 0.25) is 0 Å². The summed E-state index contributed by atoms with van der Waals surface area (Å²) in [4.78, 5) is 13.8. The van der Waals surface area contributed by atoms with Gasteiger partial charge in [0, 0.05) is 12.6 Å². The van der Waals surface area contributed by atoms with Crippen molar-refractivity contribution < 1.29 is 31.6 Å². The van der Waals surface area contributed by atoms with Crippen molar-refractivity contribution in [1.82, 2.24) is 10.1 Å². The van der Waals surface area contributed by atoms with E-state index in [2.05, 4.69) is 9.89 Å². The summed E-state index contributed by atoms with van der Waals surface area (Å²) in [6.07, 6.45) is -8.72. The molecule has 0 saturated heterocycles. The van der Waals surface area contributed by atoms with Gasteiger partial charge in [-0.05, 0) is 26.0 Å². The van der Waals surface area contributed by atoms with E-state index in [4.69, 9.17) is 4.52 Å². The largest absolute Gasteiger partial charge is 0.461 e. The maximum Gasteiger partial charge on any atom is 0.461 e. The Kier molecular flexibility index (Phi) is 5.34. The number of aryl methyl sites for hydroxylation is 2. The lowest BCUT2D eigenvalue weighted by Gasteiger charge is -2.21. The lowest BCUT2D eigenvalue weighted by atomic mass is 10.1. The lowest BCUT2D eigenvalue weighted by Crippen LogP contribution is -2.35. The maximum atomic E-state index is 13.2. The maximum absolute atomic E-state index is 13.2. The van der Waals surface area contributed by atoms with Crippen LogP contribution in [0, 0.1) is 13.8 Å². The van der Waals surface area contributed by atoms with E-state index in [0.29, 0.717) is 17.0 Å². The quantitative estimate of drug-likeness (QED) is 0.736. The van der Waals surface area contributed by atoms with E-state index in [9.17, 15) is 22.4 Å². The Bertz CT molecular complexity index is 742. The SMILES string of the molecule is Cc1noc(C)c1CN(C)C(=O)c1ccccc1OC(F)(F)C(F)F. The van der Waals surface area contributed by atoms with Gasteiger partial charge in [-0.15, -0.1) is 0 Å². The summed E-state index contributed by atoms with van der Waals surface area (Å²) in [5.74, 6) is -0.769. The summed E-state index contributed by atoms with van der Waals surface area (Å²) >= 11 is 0. The molecule has 136 valence electrons. The van der Waals surface area contributed by atoms with Gasteiger partial charge >= 0.3 is 12.5 Å². The number of hydrogen-bond donors (Lipinski definition) is 0. The van der Waals surface area contributed by atoms with E-state index >= 15 is 0 Å². The molecule has 0 atom stereocenters. The van der Waals surface area contributed by atoms with Crippen LogP contribution in [0.3, 0.4) is 0 Å². The molecule has 0 saturated carbocycles. The highest BCUT2D eigenvalue weighted by Gasteiger charge is 2.44. The van der Waals surface area contributed by atoms with E-state index in [0.717, 1.165) is 6.07 Å². The molecule has 0 bridgehead atoms. The van der Waals surface area contributed by atoms with Crippen LogP contribution in [0.2, 0.25) is 0 Å². The molecule has 25 heavy (non-hydrogen) atoms. The first-order valence-corrected chi connectivity index (χ1v) is 7.24. The summed E-state index contributed by atoms with van der Waals surface area (Å²) in [5, 5.41) is 3.77. The Morgan fingerprint density at radius 2 is 1.96 bits per heavy atom. The van der Waals surface area contributed by atoms with Gasteiger partial charge in [-0.1, -0.05) is 17.3 Å². The van der Waals surface area contributed by atoms with Gasteiger partial charge in [0.15, 0.2) is 0 Å². The Morgan fingerprint density at radius 3 is 2.52 bits per heavy atom. The van der Waals surface area contributed by atoms with Crippen LogP contribution in [-0.4, -0.2) is 35.5 Å². The van der Waals surface area contributed by atoms with Crippen LogP contribution in [-0.2, 0) is 6.54 Å². The molecule has 0 N–H and O–H groups in total. The van der Waals surface area contributed by atoms with Gasteiger partial charge in [-0.2, -0.15) is 17.6 Å². The third kappa shape index (κ3) is 4.09. The van der Waals surface area contributed by atoms with Crippen LogP contribution in [0.15, 0.2) is 28.8 Å². The predicted octanol–water partition coefficient (Wildman–Crippen LogP) is 3.80. The molecule has 0 spiro atoms. The average Bonchev–Trinajstić information content (AvgIpc) is 2.86. The van der Waals surface area contributed by atoms with Crippen molar-refractivity contribution >= 4 is 5.91 Å². The van der Waals surface area contributed by atoms with Gasteiger partial charge in [0.25, 0.3) is 5.91 Å². The van der Waals surface area contributed by atoms with E-state index in [1.807, 2.05) is 0 Å². The van der Waals surface area contributed by atoms with Crippen LogP contribution in [0.5, 0.6) is 5.75 Å². The van der Waals surface area contributed by atoms with Crippen molar-refractivity contribution in [2.75, 3.05) is 7.05 Å². The molecule has 2 rings (SSSR count). The predicted molar refractivity (Wildman–Crippen MR) is 79.8 cm³/mol. The summed E-state index contributed by atoms with van der Waals surface area (Å²) < 4.78 is 60.1. The topological polar surface area (TPSA) is 55.6 Å². The number of alkyl halides is 4. The lowest BCUT2D eigenvalue weighted by molar-refractivity contribution is -0.253. The third-order valence-electron chi connectivity index (χ3n) is 3.54. The Hall–Kier alpha value is -2.58. The molecule has 0 radical (unpaired) electrons. The molecule has 2 aromatic rings. The molecular weight excluding hydrogens is 344 g/mol. The number of hydrogen-bond acceptors (Lipinski definition) is 4. The Balaban J connectivity index is 2.24. The normalized spacial score (nSPS) is 11.7. The smallest absolute Gasteiger partial charge is 0.427 e. The molecule has 1 amide bonds. The highest BCUT2D eigenvalue weighted by atomic mass is 19.3. The minimum atomic E-state index is -4.70. The zero-order valence-corrected chi connectivity index (χ0v) is 13.7. The molecule has 9 heteroatoms. The van der Waals surface area contributed by atoms with E-state index < -0.39 is 24.2 Å². The number of carbonyl (C=O) groups is 1. The fourth-order valence-corrected chi connectivity index (χ4v) is 2.17. The van der Waals surface area contributed by atoms with E-state index in [1.54, 1.807) is 13.8 Å². The van der Waals surface area contributed by atoms with Crippen LogP contribution < -0.4 is 4.74 Å². The zero-order valence-electron chi connectivity index (χ0n) is 13.7. The summed E-state index contributed by atoms with van der Waals surface area (Å²) in [6, 6.07) is 4.99. The highest BCUT2D eigenvalue weighted by molar-refractivity contribution is 5.96. The molecular formula is C16H16F4N2O3. The van der Waals surface area contributed by atoms with Crippen LogP contribution in [0.4, 0.5) is 17.6 Å². The highest BCUT2D eigenvalue weighted by Crippen LogP contribution is 2.30. The van der Waals surface area contributed by atoms with Gasteiger partial charge < -0.3 is 14.2 Å². The third-order valence-corrected chi connectivity index (χ3v) is 3.54. The monoisotopic (exact) mass is 360 g/mol. The number of amides is 1. The summed E-state index contributed by atoms with van der Waals surface area (Å²) in [5.41, 5.74) is 1.01. The molecule has 1 aromatic heterocycles. The van der Waals surface area contributed by atoms with Crippen molar-refractivity contribution in [3.8, 4) is 5.75 Å². The van der Waals surface area contributed by atoms with Crippen molar-refractivity contribution in [3.63, 3.8) is 0 Å². The fourth-order valence-electron chi connectivity index (χ4n) is 2.17. The number of benzene rings is 1. The number of halogens is 4. The second-order valence-electron chi connectivity index (χ2n) is 5.42. The van der Waals surface area contributed by atoms with E-state index in [-0.39, 0.29) is 12.1 Å². The Morgan fingerprint density at radius 1 is 1.32 bits per heavy atom.